The van der Waals surface area contributed by atoms with Gasteiger partial charge in [0.05, 0.1) is 19.9 Å². The van der Waals surface area contributed by atoms with Crippen LogP contribution < -0.4 is 20.2 Å². The van der Waals surface area contributed by atoms with Crippen molar-refractivity contribution in [1.29, 1.82) is 0 Å². The first-order chi connectivity index (χ1) is 14.3. The maximum atomic E-state index is 12.6. The molecule has 2 N–H and O–H groups in total. The quantitative estimate of drug-likeness (QED) is 0.468. The van der Waals surface area contributed by atoms with Crippen LogP contribution in [0.2, 0.25) is 5.02 Å². The Morgan fingerprint density at radius 1 is 1.13 bits per heavy atom. The minimum absolute atomic E-state index is 0.137. The third-order valence-corrected chi connectivity index (χ3v) is 4.47. The first-order valence-corrected chi connectivity index (χ1v) is 9.93. The highest BCUT2D eigenvalue weighted by Gasteiger charge is 2.24. The molecule has 0 saturated heterocycles. The highest BCUT2D eigenvalue weighted by Crippen LogP contribution is 2.27. The van der Waals surface area contributed by atoms with Crippen LogP contribution in [0.5, 0.6) is 11.5 Å². The number of nitrogens with one attached hydrogen (secondary N) is 2. The molecular weight excluding hydrogens is 406 g/mol. The molecule has 7 nitrogen and oxygen atoms in total. The normalized spacial score (nSPS) is 11.9. The molecule has 0 saturated carbocycles. The van der Waals surface area contributed by atoms with Crippen LogP contribution >= 0.6 is 11.6 Å². The number of methoxy groups -OCH3 is 1. The Bertz CT molecular complexity index is 898. The summed E-state index contributed by atoms with van der Waals surface area (Å²) in [5, 5.41) is 7.27. The van der Waals surface area contributed by atoms with Crippen molar-refractivity contribution in [3.8, 4) is 11.5 Å². The number of rotatable bonds is 9. The van der Waals surface area contributed by atoms with E-state index in [2.05, 4.69) is 15.8 Å². The molecular formula is C22H26ClN3O4. The SMILES string of the molecule is CCOc1cc(C=NNC(=O)C(NC(=O)c2ccc(Cl)cc2)C(C)C)ccc1OC. The van der Waals surface area contributed by atoms with Gasteiger partial charge in [0.2, 0.25) is 0 Å². The summed E-state index contributed by atoms with van der Waals surface area (Å²) < 4.78 is 10.8. The van der Waals surface area contributed by atoms with E-state index in [1.54, 1.807) is 49.6 Å². The molecule has 0 aliphatic rings. The van der Waals surface area contributed by atoms with Gasteiger partial charge in [0.15, 0.2) is 11.5 Å². The zero-order valence-electron chi connectivity index (χ0n) is 17.4. The Morgan fingerprint density at radius 3 is 2.43 bits per heavy atom. The Hall–Kier alpha value is -3.06. The van der Waals surface area contributed by atoms with Crippen LogP contribution in [-0.4, -0.2) is 37.8 Å². The van der Waals surface area contributed by atoms with E-state index < -0.39 is 11.9 Å². The van der Waals surface area contributed by atoms with Crippen molar-refractivity contribution >= 4 is 29.6 Å². The molecule has 1 atom stereocenters. The number of benzene rings is 2. The summed E-state index contributed by atoms with van der Waals surface area (Å²) in [6, 6.07) is 11.0. The summed E-state index contributed by atoms with van der Waals surface area (Å²) in [5.41, 5.74) is 3.63. The molecule has 30 heavy (non-hydrogen) atoms. The number of nitrogens with zero attached hydrogens (tertiary/aromatic N) is 1. The summed E-state index contributed by atoms with van der Waals surface area (Å²) >= 11 is 5.85. The number of carbonyl (C=O) groups is 2. The van der Waals surface area contributed by atoms with Gasteiger partial charge in [-0.3, -0.25) is 9.59 Å². The van der Waals surface area contributed by atoms with Crippen LogP contribution in [0.1, 0.15) is 36.7 Å². The number of hydrogen-bond donors (Lipinski definition) is 2. The predicted octanol–water partition coefficient (Wildman–Crippen LogP) is 3.65. The van der Waals surface area contributed by atoms with E-state index in [0.717, 1.165) is 5.56 Å². The fourth-order valence-electron chi connectivity index (χ4n) is 2.64. The van der Waals surface area contributed by atoms with Crippen LogP contribution in [0.4, 0.5) is 0 Å². The van der Waals surface area contributed by atoms with Gasteiger partial charge in [0.25, 0.3) is 11.8 Å². The highest BCUT2D eigenvalue weighted by molar-refractivity contribution is 6.30. The molecule has 8 heteroatoms. The standard InChI is InChI=1S/C22H26ClN3O4/c1-5-30-19-12-15(6-11-18(19)29-4)13-24-26-22(28)20(14(2)3)25-21(27)16-7-9-17(23)10-8-16/h6-14,20H,5H2,1-4H3,(H,25,27)(H,26,28). The molecule has 2 amide bonds. The largest absolute Gasteiger partial charge is 0.493 e. The second-order valence-electron chi connectivity index (χ2n) is 6.78. The number of halogens is 1. The van der Waals surface area contributed by atoms with Crippen LogP contribution in [0.25, 0.3) is 0 Å². The average Bonchev–Trinajstić information content (AvgIpc) is 2.72. The van der Waals surface area contributed by atoms with Crippen molar-refractivity contribution in [2.24, 2.45) is 11.0 Å². The maximum Gasteiger partial charge on any atom is 0.262 e. The highest BCUT2D eigenvalue weighted by atomic mass is 35.5. The monoisotopic (exact) mass is 431 g/mol. The van der Waals surface area contributed by atoms with E-state index >= 15 is 0 Å². The number of carbonyl (C=O) groups excluding carboxylic acids is 2. The summed E-state index contributed by atoms with van der Waals surface area (Å²) in [7, 11) is 1.57. The van der Waals surface area contributed by atoms with Crippen molar-refractivity contribution in [1.82, 2.24) is 10.7 Å². The van der Waals surface area contributed by atoms with Gasteiger partial charge >= 0.3 is 0 Å². The van der Waals surface area contributed by atoms with Gasteiger partial charge in [0.1, 0.15) is 6.04 Å². The number of ether oxygens (including phenoxy) is 2. The summed E-state index contributed by atoms with van der Waals surface area (Å²) in [5.74, 6) is 0.290. The minimum atomic E-state index is -0.750. The summed E-state index contributed by atoms with van der Waals surface area (Å²) in [6.07, 6.45) is 1.50. The second kappa shape index (κ2) is 11.2. The number of amides is 2. The van der Waals surface area contributed by atoms with Crippen molar-refractivity contribution in [2.45, 2.75) is 26.8 Å². The maximum absolute atomic E-state index is 12.6. The van der Waals surface area contributed by atoms with E-state index in [-0.39, 0.29) is 11.8 Å². The molecule has 2 rings (SSSR count). The van der Waals surface area contributed by atoms with Crippen molar-refractivity contribution in [2.75, 3.05) is 13.7 Å². The molecule has 1 unspecified atom stereocenters. The fourth-order valence-corrected chi connectivity index (χ4v) is 2.77. The molecule has 160 valence electrons. The first-order valence-electron chi connectivity index (χ1n) is 9.55. The summed E-state index contributed by atoms with van der Waals surface area (Å²) in [6.45, 7) is 6.06. The molecule has 2 aromatic rings. The molecule has 0 aliphatic carbocycles. The number of hydrazone groups is 1. The first kappa shape index (κ1) is 23.2. The molecule has 0 aromatic heterocycles. The lowest BCUT2D eigenvalue weighted by molar-refractivity contribution is -0.123. The van der Waals surface area contributed by atoms with Crippen molar-refractivity contribution in [3.05, 3.63) is 58.6 Å². The average molecular weight is 432 g/mol. The van der Waals surface area contributed by atoms with Crippen LogP contribution in [0.15, 0.2) is 47.6 Å². The predicted molar refractivity (Wildman–Crippen MR) is 117 cm³/mol. The van der Waals surface area contributed by atoms with Gasteiger partial charge in [-0.25, -0.2) is 5.43 Å². The Kier molecular flexibility index (Phi) is 8.68. The lowest BCUT2D eigenvalue weighted by Gasteiger charge is -2.20. The smallest absolute Gasteiger partial charge is 0.262 e. The van der Waals surface area contributed by atoms with Crippen LogP contribution in [0.3, 0.4) is 0 Å². The third-order valence-electron chi connectivity index (χ3n) is 4.22. The van der Waals surface area contributed by atoms with E-state index in [9.17, 15) is 9.59 Å². The lowest BCUT2D eigenvalue weighted by Crippen LogP contribution is -2.48. The Labute approximate surface area is 181 Å². The van der Waals surface area contributed by atoms with Gasteiger partial charge in [-0.1, -0.05) is 25.4 Å². The molecule has 0 radical (unpaired) electrons. The second-order valence-corrected chi connectivity index (χ2v) is 7.22. The van der Waals surface area contributed by atoms with Crippen molar-refractivity contribution < 1.29 is 19.1 Å². The Balaban J connectivity index is 2.03. The van der Waals surface area contributed by atoms with Crippen LogP contribution in [0, 0.1) is 5.92 Å². The fraction of sp³-hybridized carbons (Fsp3) is 0.318. The Morgan fingerprint density at radius 2 is 1.83 bits per heavy atom. The van der Waals surface area contributed by atoms with E-state index in [1.165, 1.54) is 6.21 Å². The molecule has 0 bridgehead atoms. The third kappa shape index (κ3) is 6.49. The molecule has 0 fully saturated rings. The van der Waals surface area contributed by atoms with Gasteiger partial charge in [-0.2, -0.15) is 5.10 Å². The van der Waals surface area contributed by atoms with E-state index in [4.69, 9.17) is 21.1 Å². The van der Waals surface area contributed by atoms with Gasteiger partial charge < -0.3 is 14.8 Å². The zero-order valence-corrected chi connectivity index (χ0v) is 18.2. The molecule has 2 aromatic carbocycles. The van der Waals surface area contributed by atoms with E-state index in [1.807, 2.05) is 20.8 Å². The summed E-state index contributed by atoms with van der Waals surface area (Å²) in [4.78, 5) is 25.0. The molecule has 0 aliphatic heterocycles. The van der Waals surface area contributed by atoms with Gasteiger partial charge in [-0.05, 0) is 60.9 Å². The minimum Gasteiger partial charge on any atom is -0.493 e. The molecule has 0 spiro atoms. The van der Waals surface area contributed by atoms with E-state index in [0.29, 0.717) is 28.7 Å². The van der Waals surface area contributed by atoms with Crippen molar-refractivity contribution in [3.63, 3.8) is 0 Å². The molecule has 0 heterocycles. The zero-order chi connectivity index (χ0) is 22.1. The van der Waals surface area contributed by atoms with Crippen LogP contribution in [-0.2, 0) is 4.79 Å². The number of hydrogen-bond acceptors (Lipinski definition) is 5. The lowest BCUT2D eigenvalue weighted by atomic mass is 10.0. The topological polar surface area (TPSA) is 89.0 Å². The van der Waals surface area contributed by atoms with Gasteiger partial charge in [-0.15, -0.1) is 0 Å². The van der Waals surface area contributed by atoms with Gasteiger partial charge in [0, 0.05) is 10.6 Å².